The van der Waals surface area contributed by atoms with Crippen LogP contribution in [0.3, 0.4) is 0 Å². The number of nitrogens with zero attached hydrogens (tertiary/aromatic N) is 4. The summed E-state index contributed by atoms with van der Waals surface area (Å²) in [5.41, 5.74) is 2.02. The summed E-state index contributed by atoms with van der Waals surface area (Å²) < 4.78 is 12.7. The molecule has 0 aromatic carbocycles. The molecule has 2 aliphatic rings. The highest BCUT2D eigenvalue weighted by atomic mass is 16.8. The molecule has 2 aromatic heterocycles. The number of imidazole rings is 1. The molecule has 0 spiro atoms. The normalized spacial score (nSPS) is 22.1. The van der Waals surface area contributed by atoms with E-state index in [1.807, 2.05) is 6.08 Å². The van der Waals surface area contributed by atoms with E-state index in [2.05, 4.69) is 15.0 Å². The lowest BCUT2D eigenvalue weighted by atomic mass is 10.2. The average molecular weight is 288 g/mol. The van der Waals surface area contributed by atoms with Crippen molar-refractivity contribution in [2.45, 2.75) is 32.0 Å². The molecule has 0 saturated carbocycles. The third kappa shape index (κ3) is 2.33. The van der Waals surface area contributed by atoms with Crippen LogP contribution in [0.15, 0.2) is 18.7 Å². The lowest BCUT2D eigenvalue weighted by molar-refractivity contribution is -0.162. The van der Waals surface area contributed by atoms with E-state index in [4.69, 9.17) is 14.3 Å². The minimum absolute atomic E-state index is 0.239. The SMILES string of the molecule is C1=C(c2ncnc3c2ncn3OC2CCCCO2)OCC1. The van der Waals surface area contributed by atoms with Crippen molar-refractivity contribution in [3.05, 3.63) is 24.4 Å². The van der Waals surface area contributed by atoms with Crippen molar-refractivity contribution in [2.75, 3.05) is 13.2 Å². The number of hydrogen-bond acceptors (Lipinski definition) is 6. The molecule has 1 fully saturated rings. The first-order chi connectivity index (χ1) is 10.4. The van der Waals surface area contributed by atoms with Gasteiger partial charge in [0.15, 0.2) is 5.65 Å². The van der Waals surface area contributed by atoms with Crippen LogP contribution in [0.1, 0.15) is 31.4 Å². The van der Waals surface area contributed by atoms with Crippen molar-refractivity contribution in [3.8, 4) is 0 Å². The lowest BCUT2D eigenvalue weighted by Crippen LogP contribution is -2.30. The van der Waals surface area contributed by atoms with Gasteiger partial charge in [-0.05, 0) is 18.9 Å². The molecule has 2 aromatic rings. The van der Waals surface area contributed by atoms with Gasteiger partial charge in [0.25, 0.3) is 0 Å². The van der Waals surface area contributed by atoms with E-state index in [1.165, 1.54) is 6.33 Å². The Kier molecular flexibility index (Phi) is 3.19. The largest absolute Gasteiger partial charge is 0.491 e. The monoisotopic (exact) mass is 288 g/mol. The van der Waals surface area contributed by atoms with Gasteiger partial charge in [0.05, 0.1) is 13.2 Å². The van der Waals surface area contributed by atoms with Gasteiger partial charge in [-0.1, -0.05) is 0 Å². The fourth-order valence-corrected chi connectivity index (χ4v) is 2.58. The Morgan fingerprint density at radius 1 is 1.19 bits per heavy atom. The second-order valence-electron chi connectivity index (χ2n) is 5.07. The summed E-state index contributed by atoms with van der Waals surface area (Å²) in [5, 5.41) is 0. The summed E-state index contributed by atoms with van der Waals surface area (Å²) in [6.45, 7) is 1.42. The summed E-state index contributed by atoms with van der Waals surface area (Å²) in [5.74, 6) is 0.765. The Hall–Kier alpha value is -2.15. The first kappa shape index (κ1) is 12.6. The van der Waals surface area contributed by atoms with Crippen LogP contribution in [0.5, 0.6) is 0 Å². The van der Waals surface area contributed by atoms with Crippen LogP contribution in [0.4, 0.5) is 0 Å². The molecule has 7 heteroatoms. The minimum atomic E-state index is -0.239. The maximum absolute atomic E-state index is 5.81. The quantitative estimate of drug-likeness (QED) is 0.853. The number of fused-ring (bicyclic) bond motifs is 1. The van der Waals surface area contributed by atoms with Crippen molar-refractivity contribution in [1.29, 1.82) is 0 Å². The zero-order valence-corrected chi connectivity index (χ0v) is 11.6. The van der Waals surface area contributed by atoms with Crippen molar-refractivity contribution in [1.82, 2.24) is 19.7 Å². The molecule has 0 bridgehead atoms. The van der Waals surface area contributed by atoms with Crippen LogP contribution in [-0.4, -0.2) is 39.2 Å². The maximum Gasteiger partial charge on any atom is 0.224 e. The second kappa shape index (κ2) is 5.33. The predicted molar refractivity (Wildman–Crippen MR) is 74.0 cm³/mol. The molecule has 4 rings (SSSR count). The van der Waals surface area contributed by atoms with Crippen LogP contribution in [-0.2, 0) is 9.47 Å². The van der Waals surface area contributed by atoms with Gasteiger partial charge in [-0.3, -0.25) is 0 Å². The van der Waals surface area contributed by atoms with E-state index in [0.29, 0.717) is 23.5 Å². The van der Waals surface area contributed by atoms with Crippen molar-refractivity contribution < 1.29 is 14.3 Å². The first-order valence-corrected chi connectivity index (χ1v) is 7.22. The van der Waals surface area contributed by atoms with Gasteiger partial charge in [-0.25, -0.2) is 15.0 Å². The molecule has 21 heavy (non-hydrogen) atoms. The topological polar surface area (TPSA) is 71.3 Å². The third-order valence-corrected chi connectivity index (χ3v) is 3.61. The number of aromatic nitrogens is 4. The molecule has 7 nitrogen and oxygen atoms in total. The van der Waals surface area contributed by atoms with Crippen LogP contribution in [0.25, 0.3) is 16.9 Å². The van der Waals surface area contributed by atoms with Crippen LogP contribution >= 0.6 is 0 Å². The number of ether oxygens (including phenoxy) is 2. The lowest BCUT2D eigenvalue weighted by Gasteiger charge is -2.22. The van der Waals surface area contributed by atoms with Gasteiger partial charge in [-0.2, -0.15) is 0 Å². The second-order valence-corrected chi connectivity index (χ2v) is 5.07. The summed E-state index contributed by atoms with van der Waals surface area (Å²) in [6, 6.07) is 0. The van der Waals surface area contributed by atoms with Crippen LogP contribution in [0.2, 0.25) is 0 Å². The zero-order valence-electron chi connectivity index (χ0n) is 11.6. The van der Waals surface area contributed by atoms with Gasteiger partial charge in [0, 0.05) is 12.8 Å². The highest BCUT2D eigenvalue weighted by Crippen LogP contribution is 2.25. The smallest absolute Gasteiger partial charge is 0.224 e. The molecule has 1 unspecified atom stereocenters. The maximum atomic E-state index is 5.81. The third-order valence-electron chi connectivity index (χ3n) is 3.61. The molecule has 110 valence electrons. The molecular weight excluding hydrogens is 272 g/mol. The molecule has 4 heterocycles. The van der Waals surface area contributed by atoms with Gasteiger partial charge < -0.3 is 14.3 Å². The molecule has 0 amide bonds. The Labute approximate surface area is 121 Å². The highest BCUT2D eigenvalue weighted by molar-refractivity contribution is 5.82. The molecule has 2 aliphatic heterocycles. The number of rotatable bonds is 3. The van der Waals surface area contributed by atoms with E-state index < -0.39 is 0 Å². The van der Waals surface area contributed by atoms with Crippen molar-refractivity contribution >= 4 is 16.9 Å². The van der Waals surface area contributed by atoms with Crippen LogP contribution in [0, 0.1) is 0 Å². The average Bonchev–Trinajstić information content (AvgIpc) is 3.18. The van der Waals surface area contributed by atoms with Crippen LogP contribution < -0.4 is 4.84 Å². The van der Waals surface area contributed by atoms with E-state index in [0.717, 1.165) is 38.0 Å². The summed E-state index contributed by atoms with van der Waals surface area (Å²) in [7, 11) is 0. The summed E-state index contributed by atoms with van der Waals surface area (Å²) >= 11 is 0. The zero-order chi connectivity index (χ0) is 14.1. The summed E-state index contributed by atoms with van der Waals surface area (Å²) in [6.07, 6.45) is 8.86. The molecule has 1 saturated heterocycles. The fourth-order valence-electron chi connectivity index (χ4n) is 2.58. The predicted octanol–water partition coefficient (Wildman–Crippen LogP) is 1.54. The summed E-state index contributed by atoms with van der Waals surface area (Å²) in [4.78, 5) is 18.7. The van der Waals surface area contributed by atoms with Crippen molar-refractivity contribution in [3.63, 3.8) is 0 Å². The Morgan fingerprint density at radius 3 is 3.00 bits per heavy atom. The van der Waals surface area contributed by atoms with E-state index in [9.17, 15) is 0 Å². The standard InChI is InChI=1S/C14H16N4O3/c1-2-6-20-11(5-1)21-18-9-17-13-12(10-4-3-7-19-10)15-8-16-14(13)18/h4,8-9,11H,1-3,5-7H2. The molecule has 0 radical (unpaired) electrons. The Morgan fingerprint density at radius 2 is 2.19 bits per heavy atom. The molecule has 1 atom stereocenters. The van der Waals surface area contributed by atoms with Crippen molar-refractivity contribution in [2.24, 2.45) is 0 Å². The minimum Gasteiger partial charge on any atom is -0.491 e. The van der Waals surface area contributed by atoms with E-state index >= 15 is 0 Å². The van der Waals surface area contributed by atoms with Gasteiger partial charge >= 0.3 is 0 Å². The van der Waals surface area contributed by atoms with Gasteiger partial charge in [0.2, 0.25) is 6.29 Å². The molecule has 0 aliphatic carbocycles. The molecule has 0 N–H and O–H groups in total. The van der Waals surface area contributed by atoms with Gasteiger partial charge in [0.1, 0.15) is 29.6 Å². The van der Waals surface area contributed by atoms with E-state index in [-0.39, 0.29) is 6.29 Å². The fraction of sp³-hybridized carbons (Fsp3) is 0.500. The number of hydrogen-bond donors (Lipinski definition) is 0. The molecular formula is C14H16N4O3. The first-order valence-electron chi connectivity index (χ1n) is 7.22. The highest BCUT2D eigenvalue weighted by Gasteiger charge is 2.20. The Bertz CT molecular complexity index is 676. The van der Waals surface area contributed by atoms with Gasteiger partial charge in [-0.15, -0.1) is 4.73 Å². The Balaban J connectivity index is 1.66. The van der Waals surface area contributed by atoms with E-state index in [1.54, 1.807) is 11.1 Å².